The Hall–Kier alpha value is -1.82. The Labute approximate surface area is 123 Å². The van der Waals surface area contributed by atoms with Gasteiger partial charge in [-0.25, -0.2) is 13.8 Å². The maximum Gasteiger partial charge on any atom is 0.258 e. The molecule has 0 saturated heterocycles. The number of nitrogens with one attached hydrogen (secondary N) is 1. The molecule has 0 spiro atoms. The summed E-state index contributed by atoms with van der Waals surface area (Å²) in [4.78, 5) is 16.0. The van der Waals surface area contributed by atoms with Crippen LogP contribution in [0.3, 0.4) is 0 Å². The van der Waals surface area contributed by atoms with Crippen molar-refractivity contribution in [2.45, 2.75) is 13.8 Å². The Morgan fingerprint density at radius 2 is 1.85 bits per heavy atom. The summed E-state index contributed by atoms with van der Waals surface area (Å²) in [5.41, 5.74) is 1.28. The molecule has 0 radical (unpaired) electrons. The molecule has 0 bridgehead atoms. The van der Waals surface area contributed by atoms with E-state index in [0.717, 1.165) is 5.56 Å². The monoisotopic (exact) mass is 340 g/mol. The first-order valence-corrected chi connectivity index (χ1v) is 6.57. The van der Waals surface area contributed by atoms with Gasteiger partial charge < -0.3 is 5.32 Å². The van der Waals surface area contributed by atoms with E-state index in [1.54, 1.807) is 6.07 Å². The van der Waals surface area contributed by atoms with Crippen molar-refractivity contribution in [2.75, 3.05) is 5.32 Å². The molecular weight excluding hydrogens is 330 g/mol. The lowest BCUT2D eigenvalue weighted by Crippen LogP contribution is -2.14. The highest BCUT2D eigenvalue weighted by atomic mass is 79.9. The van der Waals surface area contributed by atoms with Gasteiger partial charge in [0.2, 0.25) is 0 Å². The van der Waals surface area contributed by atoms with Gasteiger partial charge in [-0.2, -0.15) is 0 Å². The maximum atomic E-state index is 13.6. The molecule has 1 N–H and O–H groups in total. The third-order valence-electron chi connectivity index (χ3n) is 2.77. The third kappa shape index (κ3) is 3.01. The lowest BCUT2D eigenvalue weighted by atomic mass is 10.1. The quantitative estimate of drug-likeness (QED) is 0.840. The normalized spacial score (nSPS) is 10.4. The molecule has 0 aliphatic rings. The molecule has 104 valence electrons. The standard InChI is InChI=1S/C14H11BrF2N2O/c1-7-4-10(12(17)5-11(7)16)14(20)19-9-3-8(2)13(15)18-6-9/h3-6H,1-2H3,(H,19,20). The average molecular weight is 341 g/mol. The van der Waals surface area contributed by atoms with E-state index >= 15 is 0 Å². The Kier molecular flexibility index (Phi) is 4.13. The van der Waals surface area contributed by atoms with Gasteiger partial charge in [0.25, 0.3) is 5.91 Å². The van der Waals surface area contributed by atoms with Crippen LogP contribution in [0.5, 0.6) is 0 Å². The predicted molar refractivity (Wildman–Crippen MR) is 75.7 cm³/mol. The zero-order chi connectivity index (χ0) is 14.9. The van der Waals surface area contributed by atoms with Crippen molar-refractivity contribution >= 4 is 27.5 Å². The van der Waals surface area contributed by atoms with E-state index in [0.29, 0.717) is 16.4 Å². The summed E-state index contributed by atoms with van der Waals surface area (Å²) in [6.07, 6.45) is 1.45. The number of pyridine rings is 1. The Morgan fingerprint density at radius 1 is 1.15 bits per heavy atom. The summed E-state index contributed by atoms with van der Waals surface area (Å²) in [5, 5.41) is 2.53. The molecule has 0 fully saturated rings. The van der Waals surface area contributed by atoms with Crippen molar-refractivity contribution in [1.29, 1.82) is 0 Å². The van der Waals surface area contributed by atoms with Gasteiger partial charge in [0.05, 0.1) is 17.4 Å². The molecule has 0 aliphatic heterocycles. The van der Waals surface area contributed by atoms with Gasteiger partial charge in [-0.15, -0.1) is 0 Å². The van der Waals surface area contributed by atoms with Crippen LogP contribution in [0, 0.1) is 25.5 Å². The number of carbonyl (C=O) groups excluding carboxylic acids is 1. The number of carbonyl (C=O) groups is 1. The minimum Gasteiger partial charge on any atom is -0.320 e. The van der Waals surface area contributed by atoms with Gasteiger partial charge >= 0.3 is 0 Å². The number of hydrogen-bond donors (Lipinski definition) is 1. The predicted octanol–water partition coefficient (Wildman–Crippen LogP) is 3.99. The van der Waals surface area contributed by atoms with Crippen LogP contribution in [0.25, 0.3) is 0 Å². The molecule has 3 nitrogen and oxygen atoms in total. The second-order valence-electron chi connectivity index (χ2n) is 4.37. The van der Waals surface area contributed by atoms with Crippen LogP contribution >= 0.6 is 15.9 Å². The maximum absolute atomic E-state index is 13.6. The lowest BCUT2D eigenvalue weighted by molar-refractivity contribution is 0.102. The molecular formula is C14H11BrF2N2O. The van der Waals surface area contributed by atoms with E-state index in [1.807, 2.05) is 6.92 Å². The fourth-order valence-corrected chi connectivity index (χ4v) is 1.87. The molecule has 1 aromatic heterocycles. The summed E-state index contributed by atoms with van der Waals surface area (Å²) < 4.78 is 27.4. The average Bonchev–Trinajstić information content (AvgIpc) is 2.38. The van der Waals surface area contributed by atoms with E-state index in [2.05, 4.69) is 26.2 Å². The number of halogens is 3. The van der Waals surface area contributed by atoms with E-state index in [4.69, 9.17) is 0 Å². The lowest BCUT2D eigenvalue weighted by Gasteiger charge is -2.08. The summed E-state index contributed by atoms with van der Waals surface area (Å²) in [5.74, 6) is -2.22. The number of aryl methyl sites for hydroxylation is 2. The third-order valence-corrected chi connectivity index (χ3v) is 3.60. The van der Waals surface area contributed by atoms with Crippen LogP contribution < -0.4 is 5.32 Å². The first-order chi connectivity index (χ1) is 9.38. The summed E-state index contributed by atoms with van der Waals surface area (Å²) >= 11 is 3.24. The Morgan fingerprint density at radius 3 is 2.50 bits per heavy atom. The number of hydrogen-bond acceptors (Lipinski definition) is 2. The second kappa shape index (κ2) is 5.66. The SMILES string of the molecule is Cc1cc(C(=O)Nc2cnc(Br)c(C)c2)c(F)cc1F. The van der Waals surface area contributed by atoms with Crippen LogP contribution in [-0.4, -0.2) is 10.9 Å². The summed E-state index contributed by atoms with van der Waals surface area (Å²) in [7, 11) is 0. The smallest absolute Gasteiger partial charge is 0.258 e. The molecule has 0 saturated carbocycles. The topological polar surface area (TPSA) is 42.0 Å². The Bertz CT molecular complexity index is 689. The molecule has 1 aromatic carbocycles. The van der Waals surface area contributed by atoms with Gasteiger partial charge in [0.15, 0.2) is 0 Å². The van der Waals surface area contributed by atoms with Crippen LogP contribution in [0.4, 0.5) is 14.5 Å². The number of nitrogens with zero attached hydrogens (tertiary/aromatic N) is 1. The van der Waals surface area contributed by atoms with E-state index in [9.17, 15) is 13.6 Å². The minimum absolute atomic E-state index is 0.204. The van der Waals surface area contributed by atoms with Crippen molar-refractivity contribution in [3.8, 4) is 0 Å². The number of aromatic nitrogens is 1. The summed E-state index contributed by atoms with van der Waals surface area (Å²) in [6.45, 7) is 3.28. The van der Waals surface area contributed by atoms with Gasteiger partial charge in [-0.1, -0.05) is 0 Å². The molecule has 1 amide bonds. The van der Waals surface area contributed by atoms with Crippen molar-refractivity contribution in [3.63, 3.8) is 0 Å². The number of amides is 1. The highest BCUT2D eigenvalue weighted by molar-refractivity contribution is 9.10. The number of benzene rings is 1. The van der Waals surface area contributed by atoms with Crippen molar-refractivity contribution in [2.24, 2.45) is 0 Å². The van der Waals surface area contributed by atoms with Crippen molar-refractivity contribution in [1.82, 2.24) is 4.98 Å². The molecule has 0 atom stereocenters. The molecule has 6 heteroatoms. The largest absolute Gasteiger partial charge is 0.320 e. The van der Waals surface area contributed by atoms with Gasteiger partial charge in [0, 0.05) is 6.07 Å². The molecule has 2 rings (SSSR count). The molecule has 0 unspecified atom stereocenters. The van der Waals surface area contributed by atoms with Crippen LogP contribution in [0.15, 0.2) is 29.0 Å². The Balaban J connectivity index is 2.28. The molecule has 20 heavy (non-hydrogen) atoms. The number of anilines is 1. The van der Waals surface area contributed by atoms with Crippen molar-refractivity contribution in [3.05, 3.63) is 57.3 Å². The minimum atomic E-state index is -0.896. The number of rotatable bonds is 2. The zero-order valence-electron chi connectivity index (χ0n) is 10.8. The zero-order valence-corrected chi connectivity index (χ0v) is 12.4. The highest BCUT2D eigenvalue weighted by Gasteiger charge is 2.15. The summed E-state index contributed by atoms with van der Waals surface area (Å²) in [6, 6.07) is 3.58. The van der Waals surface area contributed by atoms with Gasteiger partial charge in [0.1, 0.15) is 16.2 Å². The molecule has 1 heterocycles. The van der Waals surface area contributed by atoms with Crippen LogP contribution in [0.1, 0.15) is 21.5 Å². The second-order valence-corrected chi connectivity index (χ2v) is 5.12. The van der Waals surface area contributed by atoms with Gasteiger partial charge in [-0.05, 0) is 53.0 Å². The first-order valence-electron chi connectivity index (χ1n) is 5.77. The van der Waals surface area contributed by atoms with E-state index < -0.39 is 17.5 Å². The molecule has 0 aliphatic carbocycles. The fraction of sp³-hybridized carbons (Fsp3) is 0.143. The van der Waals surface area contributed by atoms with Crippen LogP contribution in [-0.2, 0) is 0 Å². The highest BCUT2D eigenvalue weighted by Crippen LogP contribution is 2.19. The first kappa shape index (κ1) is 14.6. The van der Waals surface area contributed by atoms with Crippen molar-refractivity contribution < 1.29 is 13.6 Å². The van der Waals surface area contributed by atoms with E-state index in [1.165, 1.54) is 19.2 Å². The van der Waals surface area contributed by atoms with Crippen LogP contribution in [0.2, 0.25) is 0 Å². The molecule has 2 aromatic rings. The fourth-order valence-electron chi connectivity index (χ4n) is 1.66. The van der Waals surface area contributed by atoms with Gasteiger partial charge in [-0.3, -0.25) is 4.79 Å². The van der Waals surface area contributed by atoms with E-state index in [-0.39, 0.29) is 11.1 Å².